The molecule has 0 amide bonds. The van der Waals surface area contributed by atoms with E-state index in [1.54, 1.807) is 0 Å². The molecule has 0 atom stereocenters. The molecule has 30 heavy (non-hydrogen) atoms. The van der Waals surface area contributed by atoms with Gasteiger partial charge in [-0.25, -0.2) is 0 Å². The van der Waals surface area contributed by atoms with Gasteiger partial charge in [0.05, 0.1) is 13.2 Å². The van der Waals surface area contributed by atoms with Crippen LogP contribution in [0.25, 0.3) is 0 Å². The summed E-state index contributed by atoms with van der Waals surface area (Å²) in [6.45, 7) is 7.45. The lowest BCUT2D eigenvalue weighted by atomic mass is 9.84. The summed E-state index contributed by atoms with van der Waals surface area (Å²) in [7, 11) is 0. The van der Waals surface area contributed by atoms with Crippen LogP contribution in [0.15, 0.2) is 0 Å². The SMILES string of the molecule is CCC(CC)(COc1nnc(OCC(CC)(CC)CO[N+](=O)[O-])nn1)CO[N+](=O)[O-]. The summed E-state index contributed by atoms with van der Waals surface area (Å²) in [5.74, 6) is 0. The van der Waals surface area contributed by atoms with Crippen molar-refractivity contribution in [3.63, 3.8) is 0 Å². The highest BCUT2D eigenvalue weighted by Crippen LogP contribution is 2.28. The summed E-state index contributed by atoms with van der Waals surface area (Å²) in [6, 6.07) is -0.215. The Hall–Kier alpha value is -3.06. The molecule has 0 fully saturated rings. The monoisotopic (exact) mass is 432 g/mol. The molecule has 0 radical (unpaired) electrons. The molecule has 1 rings (SSSR count). The molecule has 0 aliphatic carbocycles. The standard InChI is InChI=1S/C16H28N6O8/c1-5-15(6-2,11-29-21(23)24)9-27-13-17-19-14(20-18-13)28-10-16(7-3,8-4)12-30-22(25)26/h5-12H2,1-4H3. The predicted molar refractivity (Wildman–Crippen MR) is 101 cm³/mol. The van der Waals surface area contributed by atoms with E-state index in [0.29, 0.717) is 25.7 Å². The van der Waals surface area contributed by atoms with Crippen LogP contribution in [0.5, 0.6) is 12.0 Å². The molecule has 0 bridgehead atoms. The van der Waals surface area contributed by atoms with Gasteiger partial charge in [-0.2, -0.15) is 0 Å². The van der Waals surface area contributed by atoms with E-state index < -0.39 is 21.0 Å². The molecule has 0 aliphatic rings. The lowest BCUT2D eigenvalue weighted by molar-refractivity contribution is -0.761. The van der Waals surface area contributed by atoms with Crippen LogP contribution in [0.2, 0.25) is 0 Å². The first kappa shape index (κ1) is 25.0. The molecule has 1 heterocycles. The second kappa shape index (κ2) is 11.8. The molecule has 14 heteroatoms. The summed E-state index contributed by atoms with van der Waals surface area (Å²) < 4.78 is 11.0. The molecule has 0 saturated heterocycles. The maximum atomic E-state index is 10.5. The van der Waals surface area contributed by atoms with E-state index in [9.17, 15) is 20.2 Å². The smallest absolute Gasteiger partial charge is 0.355 e. The first-order chi connectivity index (χ1) is 14.2. The minimum Gasteiger partial charge on any atom is -0.461 e. The van der Waals surface area contributed by atoms with Crippen molar-refractivity contribution in [2.75, 3.05) is 26.4 Å². The Labute approximate surface area is 173 Å². The number of hydrogen-bond acceptors (Lipinski definition) is 12. The number of hydrogen-bond donors (Lipinski definition) is 0. The zero-order valence-corrected chi connectivity index (χ0v) is 17.6. The maximum Gasteiger partial charge on any atom is 0.355 e. The minimum atomic E-state index is -0.838. The summed E-state index contributed by atoms with van der Waals surface area (Å²) in [5, 5.41) is 34.4. The average Bonchev–Trinajstić information content (AvgIpc) is 2.75. The van der Waals surface area contributed by atoms with Crippen LogP contribution in [-0.2, 0) is 9.68 Å². The molecule has 1 aromatic heterocycles. The van der Waals surface area contributed by atoms with Gasteiger partial charge < -0.3 is 19.1 Å². The predicted octanol–water partition coefficient (Wildman–Crippen LogP) is 2.05. The maximum absolute atomic E-state index is 10.5. The fourth-order valence-corrected chi connectivity index (χ4v) is 2.54. The van der Waals surface area contributed by atoms with Crippen molar-refractivity contribution in [1.82, 2.24) is 20.4 Å². The number of aromatic nitrogens is 4. The van der Waals surface area contributed by atoms with Crippen LogP contribution in [0, 0.1) is 31.1 Å². The van der Waals surface area contributed by atoms with Gasteiger partial charge in [-0.15, -0.1) is 20.2 Å². The van der Waals surface area contributed by atoms with Crippen LogP contribution in [0.4, 0.5) is 0 Å². The highest BCUT2D eigenvalue weighted by Gasteiger charge is 2.31. The van der Waals surface area contributed by atoms with Gasteiger partial charge in [-0.3, -0.25) is 0 Å². The van der Waals surface area contributed by atoms with E-state index in [1.165, 1.54) is 0 Å². The van der Waals surface area contributed by atoms with E-state index in [1.807, 2.05) is 27.7 Å². The van der Waals surface area contributed by atoms with Crippen molar-refractivity contribution >= 4 is 0 Å². The Balaban J connectivity index is 2.67. The van der Waals surface area contributed by atoms with E-state index in [-0.39, 0.29) is 38.4 Å². The third kappa shape index (κ3) is 7.75. The summed E-state index contributed by atoms with van der Waals surface area (Å²) in [6.07, 6.45) is 2.34. The minimum absolute atomic E-state index is 0.0877. The highest BCUT2D eigenvalue weighted by atomic mass is 17.0. The van der Waals surface area contributed by atoms with Crippen LogP contribution in [-0.4, -0.2) is 57.0 Å². The summed E-state index contributed by atoms with van der Waals surface area (Å²) in [4.78, 5) is 30.0. The molecule has 1 aromatic rings. The molecule has 0 aliphatic heterocycles. The van der Waals surface area contributed by atoms with E-state index >= 15 is 0 Å². The van der Waals surface area contributed by atoms with Crippen molar-refractivity contribution in [3.8, 4) is 12.0 Å². The molecule has 0 aromatic carbocycles. The Morgan fingerprint density at radius 1 is 0.667 bits per heavy atom. The second-order valence-corrected chi connectivity index (χ2v) is 6.95. The first-order valence-corrected chi connectivity index (χ1v) is 9.61. The number of ether oxygens (including phenoxy) is 2. The molecular formula is C16H28N6O8. The van der Waals surface area contributed by atoms with Gasteiger partial charge in [-0.1, -0.05) is 48.1 Å². The van der Waals surface area contributed by atoms with Gasteiger partial charge in [0.15, 0.2) is 0 Å². The van der Waals surface area contributed by atoms with Crippen molar-refractivity contribution in [1.29, 1.82) is 0 Å². The fraction of sp³-hybridized carbons (Fsp3) is 0.875. The number of nitrogens with zero attached hydrogens (tertiary/aromatic N) is 6. The largest absolute Gasteiger partial charge is 0.461 e. The van der Waals surface area contributed by atoms with Crippen molar-refractivity contribution < 1.29 is 29.3 Å². The molecule has 0 N–H and O–H groups in total. The number of rotatable bonds is 16. The summed E-state index contributed by atoms with van der Waals surface area (Å²) >= 11 is 0. The van der Waals surface area contributed by atoms with E-state index in [0.717, 1.165) is 0 Å². The van der Waals surface area contributed by atoms with Crippen molar-refractivity contribution in [2.45, 2.75) is 53.4 Å². The lowest BCUT2D eigenvalue weighted by Crippen LogP contribution is -2.34. The summed E-state index contributed by atoms with van der Waals surface area (Å²) in [5.41, 5.74) is -1.16. The van der Waals surface area contributed by atoms with Crippen LogP contribution >= 0.6 is 0 Å². The van der Waals surface area contributed by atoms with Gasteiger partial charge in [0, 0.05) is 10.8 Å². The highest BCUT2D eigenvalue weighted by molar-refractivity contribution is 4.92. The molecule has 0 unspecified atom stereocenters. The quantitative estimate of drug-likeness (QED) is 0.275. The Morgan fingerprint density at radius 2 is 0.967 bits per heavy atom. The average molecular weight is 432 g/mol. The topological polar surface area (TPSA) is 175 Å². The first-order valence-electron chi connectivity index (χ1n) is 9.61. The Kier molecular flexibility index (Phi) is 9.84. The van der Waals surface area contributed by atoms with Gasteiger partial charge in [-0.05, 0) is 25.7 Å². The molecular weight excluding hydrogens is 404 g/mol. The van der Waals surface area contributed by atoms with Crippen LogP contribution < -0.4 is 9.47 Å². The van der Waals surface area contributed by atoms with E-state index in [2.05, 4.69) is 30.1 Å². The Bertz CT molecular complexity index is 609. The zero-order valence-electron chi connectivity index (χ0n) is 17.6. The van der Waals surface area contributed by atoms with Crippen LogP contribution in [0.1, 0.15) is 53.4 Å². The zero-order chi connectivity index (χ0) is 22.6. The molecule has 14 nitrogen and oxygen atoms in total. The van der Waals surface area contributed by atoms with Crippen LogP contribution in [0.3, 0.4) is 0 Å². The van der Waals surface area contributed by atoms with Crippen molar-refractivity contribution in [3.05, 3.63) is 20.2 Å². The normalized spacial score (nSPS) is 11.6. The third-order valence-corrected chi connectivity index (χ3v) is 5.41. The Morgan fingerprint density at radius 3 is 1.20 bits per heavy atom. The lowest BCUT2D eigenvalue weighted by Gasteiger charge is -2.29. The van der Waals surface area contributed by atoms with E-state index in [4.69, 9.17) is 9.47 Å². The van der Waals surface area contributed by atoms with Gasteiger partial charge in [0.25, 0.3) is 10.2 Å². The van der Waals surface area contributed by atoms with Gasteiger partial charge in [0.2, 0.25) is 0 Å². The second-order valence-electron chi connectivity index (χ2n) is 6.95. The fourth-order valence-electron chi connectivity index (χ4n) is 2.54. The molecule has 0 saturated carbocycles. The van der Waals surface area contributed by atoms with Gasteiger partial charge in [0.1, 0.15) is 13.2 Å². The van der Waals surface area contributed by atoms with Gasteiger partial charge >= 0.3 is 12.0 Å². The van der Waals surface area contributed by atoms with Crippen molar-refractivity contribution in [2.24, 2.45) is 10.8 Å². The molecule has 0 spiro atoms. The molecule has 170 valence electrons. The third-order valence-electron chi connectivity index (χ3n) is 5.41.